The van der Waals surface area contributed by atoms with E-state index in [-0.39, 0.29) is 42.5 Å². The second kappa shape index (κ2) is 11.0. The van der Waals surface area contributed by atoms with Gasteiger partial charge in [0.15, 0.2) is 5.96 Å². The summed E-state index contributed by atoms with van der Waals surface area (Å²) in [6.07, 6.45) is 3.57. The van der Waals surface area contributed by atoms with Gasteiger partial charge in [0.1, 0.15) is 0 Å². The average Bonchev–Trinajstić information content (AvgIpc) is 3.08. The number of thioether (sulfide) groups is 1. The van der Waals surface area contributed by atoms with E-state index in [1.807, 2.05) is 18.7 Å². The number of hydrogen-bond acceptors (Lipinski definition) is 4. The van der Waals surface area contributed by atoms with Crippen LogP contribution in [0.5, 0.6) is 0 Å². The quantitative estimate of drug-likeness (QED) is 0.227. The van der Waals surface area contributed by atoms with Crippen molar-refractivity contribution in [2.75, 3.05) is 31.9 Å². The zero-order valence-corrected chi connectivity index (χ0v) is 17.5. The minimum absolute atomic E-state index is 0. The smallest absolute Gasteiger partial charge is 0.324 e. The number of amides is 3. The lowest BCUT2D eigenvalue weighted by Gasteiger charge is -2.18. The summed E-state index contributed by atoms with van der Waals surface area (Å²) in [7, 11) is 0. The van der Waals surface area contributed by atoms with Gasteiger partial charge in [0.25, 0.3) is 0 Å². The van der Waals surface area contributed by atoms with Gasteiger partial charge in [0.2, 0.25) is 5.91 Å². The Labute approximate surface area is 165 Å². The SMILES string of the molecule is CCNC(=NCCN1C(=O)CNC1=O)NC1CCC(SCC)C1.I. The van der Waals surface area contributed by atoms with E-state index in [1.54, 1.807) is 0 Å². The third kappa shape index (κ3) is 6.30. The topological polar surface area (TPSA) is 85.8 Å². The number of carbonyl (C=O) groups excluding carboxylic acids is 2. The molecular formula is C15H28IN5O2S. The molecule has 0 aromatic heterocycles. The first-order chi connectivity index (χ1) is 11.1. The second-order valence-electron chi connectivity index (χ2n) is 5.70. The molecule has 1 aliphatic heterocycles. The Kier molecular flexibility index (Phi) is 9.79. The lowest BCUT2D eigenvalue weighted by molar-refractivity contribution is -0.124. The molecule has 1 heterocycles. The molecule has 2 atom stereocenters. The molecule has 2 unspecified atom stereocenters. The van der Waals surface area contributed by atoms with Gasteiger partial charge >= 0.3 is 6.03 Å². The summed E-state index contributed by atoms with van der Waals surface area (Å²) in [5.74, 6) is 1.75. The normalized spacial score (nSPS) is 23.9. The third-order valence-electron chi connectivity index (χ3n) is 4.00. The van der Waals surface area contributed by atoms with Gasteiger partial charge in [-0.3, -0.25) is 14.7 Å². The number of imide groups is 1. The van der Waals surface area contributed by atoms with E-state index in [1.165, 1.54) is 11.3 Å². The van der Waals surface area contributed by atoms with Crippen LogP contribution in [-0.4, -0.2) is 66.0 Å². The van der Waals surface area contributed by atoms with Gasteiger partial charge in [-0.25, -0.2) is 4.79 Å². The van der Waals surface area contributed by atoms with E-state index < -0.39 is 0 Å². The van der Waals surface area contributed by atoms with E-state index >= 15 is 0 Å². The lowest BCUT2D eigenvalue weighted by atomic mass is 10.2. The molecule has 0 radical (unpaired) electrons. The van der Waals surface area contributed by atoms with Gasteiger partial charge in [-0.15, -0.1) is 24.0 Å². The van der Waals surface area contributed by atoms with Crippen molar-refractivity contribution >= 4 is 53.6 Å². The molecule has 9 heteroatoms. The van der Waals surface area contributed by atoms with Gasteiger partial charge < -0.3 is 16.0 Å². The van der Waals surface area contributed by atoms with Crippen LogP contribution in [0.4, 0.5) is 4.79 Å². The molecular weight excluding hydrogens is 441 g/mol. The number of aliphatic imine (C=N–C) groups is 1. The van der Waals surface area contributed by atoms with Gasteiger partial charge in [0.05, 0.1) is 19.6 Å². The molecule has 1 aliphatic carbocycles. The monoisotopic (exact) mass is 469 g/mol. The molecule has 1 saturated carbocycles. The predicted molar refractivity (Wildman–Crippen MR) is 109 cm³/mol. The number of halogens is 1. The standard InChI is InChI=1S/C15H27N5O2S.HI/c1-3-16-14(19-11-5-6-12(9-11)23-4-2)17-7-8-20-13(21)10-18-15(20)22;/h11-12H,3-10H2,1-2H3,(H,18,22)(H2,16,17,19);1H. The second-order valence-corrected chi connectivity index (χ2v) is 7.27. The van der Waals surface area contributed by atoms with Crippen LogP contribution in [-0.2, 0) is 4.79 Å². The Morgan fingerprint density at radius 1 is 1.38 bits per heavy atom. The van der Waals surface area contributed by atoms with Crippen molar-refractivity contribution in [1.29, 1.82) is 0 Å². The largest absolute Gasteiger partial charge is 0.357 e. The molecule has 24 heavy (non-hydrogen) atoms. The van der Waals surface area contributed by atoms with Crippen molar-refractivity contribution in [2.45, 2.75) is 44.4 Å². The molecule has 0 aromatic carbocycles. The summed E-state index contributed by atoms with van der Waals surface area (Å²) in [6.45, 7) is 5.84. The Balaban J connectivity index is 0.00000288. The average molecular weight is 469 g/mol. The summed E-state index contributed by atoms with van der Waals surface area (Å²) in [5, 5.41) is 9.96. The molecule has 3 amide bonds. The number of carbonyl (C=O) groups is 2. The van der Waals surface area contributed by atoms with Crippen molar-refractivity contribution in [3.63, 3.8) is 0 Å². The van der Waals surface area contributed by atoms with Gasteiger partial charge in [-0.2, -0.15) is 11.8 Å². The van der Waals surface area contributed by atoms with Crippen LogP contribution in [0.1, 0.15) is 33.1 Å². The van der Waals surface area contributed by atoms with Crippen LogP contribution < -0.4 is 16.0 Å². The number of urea groups is 1. The first-order valence-corrected chi connectivity index (χ1v) is 9.43. The van der Waals surface area contributed by atoms with Crippen LogP contribution >= 0.6 is 35.7 Å². The van der Waals surface area contributed by atoms with Crippen LogP contribution in [0.3, 0.4) is 0 Å². The maximum absolute atomic E-state index is 11.5. The summed E-state index contributed by atoms with van der Waals surface area (Å²) >= 11 is 2.03. The minimum atomic E-state index is -0.321. The van der Waals surface area contributed by atoms with Gasteiger partial charge in [-0.05, 0) is 31.9 Å². The predicted octanol–water partition coefficient (Wildman–Crippen LogP) is 1.39. The van der Waals surface area contributed by atoms with Crippen LogP contribution in [0.15, 0.2) is 4.99 Å². The first kappa shape index (κ1) is 21.3. The highest BCUT2D eigenvalue weighted by Crippen LogP contribution is 2.29. The summed E-state index contributed by atoms with van der Waals surface area (Å²) in [5.41, 5.74) is 0. The number of guanidine groups is 1. The Hall–Kier alpha value is -0.710. The molecule has 2 aliphatic rings. The first-order valence-electron chi connectivity index (χ1n) is 8.38. The van der Waals surface area contributed by atoms with Crippen LogP contribution in [0, 0.1) is 0 Å². The molecule has 1 saturated heterocycles. The summed E-state index contributed by atoms with van der Waals surface area (Å²) < 4.78 is 0. The van der Waals surface area contributed by atoms with Crippen molar-refractivity contribution in [3.05, 3.63) is 0 Å². The van der Waals surface area contributed by atoms with E-state index in [9.17, 15) is 9.59 Å². The molecule has 0 bridgehead atoms. The lowest BCUT2D eigenvalue weighted by Crippen LogP contribution is -2.43. The summed E-state index contributed by atoms with van der Waals surface area (Å²) in [6, 6.07) is 0.131. The zero-order chi connectivity index (χ0) is 16.7. The molecule has 138 valence electrons. The number of rotatable bonds is 7. The molecule has 2 rings (SSSR count). The zero-order valence-electron chi connectivity index (χ0n) is 14.3. The molecule has 0 spiro atoms. The highest BCUT2D eigenvalue weighted by molar-refractivity contribution is 14.0. The van der Waals surface area contributed by atoms with Crippen molar-refractivity contribution < 1.29 is 9.59 Å². The highest BCUT2D eigenvalue weighted by Gasteiger charge is 2.28. The van der Waals surface area contributed by atoms with E-state index in [2.05, 4.69) is 27.9 Å². The van der Waals surface area contributed by atoms with Crippen LogP contribution in [0.2, 0.25) is 0 Å². The Morgan fingerprint density at radius 2 is 2.17 bits per heavy atom. The molecule has 2 fully saturated rings. The van der Waals surface area contributed by atoms with Crippen molar-refractivity contribution in [1.82, 2.24) is 20.9 Å². The maximum Gasteiger partial charge on any atom is 0.324 e. The van der Waals surface area contributed by atoms with Gasteiger partial charge in [-0.1, -0.05) is 6.92 Å². The minimum Gasteiger partial charge on any atom is -0.357 e. The van der Waals surface area contributed by atoms with Crippen LogP contribution in [0.25, 0.3) is 0 Å². The Morgan fingerprint density at radius 3 is 2.79 bits per heavy atom. The van der Waals surface area contributed by atoms with E-state index in [0.717, 1.165) is 36.3 Å². The fourth-order valence-electron chi connectivity index (χ4n) is 2.92. The van der Waals surface area contributed by atoms with Crippen molar-refractivity contribution in [2.24, 2.45) is 4.99 Å². The maximum atomic E-state index is 11.5. The third-order valence-corrected chi connectivity index (χ3v) is 5.24. The van der Waals surface area contributed by atoms with E-state index in [4.69, 9.17) is 0 Å². The Bertz CT molecular complexity index is 447. The van der Waals surface area contributed by atoms with E-state index in [0.29, 0.717) is 19.1 Å². The van der Waals surface area contributed by atoms with Crippen molar-refractivity contribution in [3.8, 4) is 0 Å². The fraction of sp³-hybridized carbons (Fsp3) is 0.800. The summed E-state index contributed by atoms with van der Waals surface area (Å²) in [4.78, 5) is 28.7. The molecule has 3 N–H and O–H groups in total. The fourth-order valence-corrected chi connectivity index (χ4v) is 4.06. The molecule has 0 aromatic rings. The highest BCUT2D eigenvalue weighted by atomic mass is 127. The number of nitrogens with zero attached hydrogens (tertiary/aromatic N) is 2. The molecule has 7 nitrogen and oxygen atoms in total. The van der Waals surface area contributed by atoms with Gasteiger partial charge in [0, 0.05) is 17.8 Å². The number of nitrogens with one attached hydrogen (secondary N) is 3. The number of hydrogen-bond donors (Lipinski definition) is 3.